The third-order valence-electron chi connectivity index (χ3n) is 4.30. The number of ether oxygens (including phenoxy) is 1. The van der Waals surface area contributed by atoms with Gasteiger partial charge in [-0.2, -0.15) is 0 Å². The second-order valence-electron chi connectivity index (χ2n) is 6.33. The van der Waals surface area contributed by atoms with Crippen LogP contribution in [0.15, 0.2) is 92.5 Å². The van der Waals surface area contributed by atoms with Gasteiger partial charge in [-0.15, -0.1) is 0 Å². The number of benzene rings is 3. The molecule has 0 N–H and O–H groups in total. The molecule has 0 saturated heterocycles. The van der Waals surface area contributed by atoms with Gasteiger partial charge in [-0.05, 0) is 61.2 Å². The Labute approximate surface area is 185 Å². The van der Waals surface area contributed by atoms with Crippen LogP contribution in [0.1, 0.15) is 16.7 Å². The number of carbonyl (C=O) groups excluding carboxylic acids is 1. The Hall–Kier alpha value is -2.70. The molecule has 0 radical (unpaired) electrons. The Bertz CT molecular complexity index is 1090. The van der Waals surface area contributed by atoms with Crippen molar-refractivity contribution in [2.45, 2.75) is 6.61 Å². The molecule has 1 heterocycles. The molecule has 0 amide bonds. The number of nitrogens with zero attached hydrogens (tertiary/aromatic N) is 1. The summed E-state index contributed by atoms with van der Waals surface area (Å²) >= 11 is 7.13. The molecule has 4 nitrogen and oxygen atoms in total. The molecule has 0 aliphatic carbocycles. The summed E-state index contributed by atoms with van der Waals surface area (Å²) in [5, 5.41) is 3.94. The molecular weight excluding hydrogens is 498 g/mol. The van der Waals surface area contributed by atoms with Crippen LogP contribution in [0, 0.1) is 0 Å². The van der Waals surface area contributed by atoms with Crippen molar-refractivity contribution in [2.24, 2.45) is 5.16 Å². The summed E-state index contributed by atoms with van der Waals surface area (Å²) in [4.78, 5) is 17.1. The molecule has 1 aliphatic heterocycles. The molecule has 0 bridgehead atoms. The highest BCUT2D eigenvalue weighted by atomic mass is 79.9. The van der Waals surface area contributed by atoms with E-state index in [4.69, 9.17) is 9.57 Å². The van der Waals surface area contributed by atoms with E-state index in [1.807, 2.05) is 72.8 Å². The van der Waals surface area contributed by atoms with Gasteiger partial charge in [-0.1, -0.05) is 65.8 Å². The number of carbonyl (C=O) groups is 1. The minimum absolute atomic E-state index is 0.410. The van der Waals surface area contributed by atoms with Crippen LogP contribution in [0.2, 0.25) is 0 Å². The first kappa shape index (κ1) is 19.6. The fourth-order valence-electron chi connectivity index (χ4n) is 2.91. The van der Waals surface area contributed by atoms with E-state index in [0.717, 1.165) is 25.6 Å². The molecule has 4 rings (SSSR count). The van der Waals surface area contributed by atoms with Gasteiger partial charge in [0.1, 0.15) is 18.1 Å². The number of halogens is 2. The van der Waals surface area contributed by atoms with Crippen LogP contribution in [0.4, 0.5) is 0 Å². The fraction of sp³-hybridized carbons (Fsp3) is 0.0435. The quantitative estimate of drug-likeness (QED) is 0.305. The third-order valence-corrected chi connectivity index (χ3v) is 5.48. The van der Waals surface area contributed by atoms with Crippen molar-refractivity contribution in [3.05, 3.63) is 104 Å². The number of hydrogen-bond acceptors (Lipinski definition) is 4. The summed E-state index contributed by atoms with van der Waals surface area (Å²) in [5.74, 6) is 0.224. The molecule has 0 aromatic heterocycles. The number of rotatable bonds is 5. The van der Waals surface area contributed by atoms with Crippen molar-refractivity contribution < 1.29 is 14.4 Å². The van der Waals surface area contributed by atoms with Crippen molar-refractivity contribution >= 4 is 49.6 Å². The summed E-state index contributed by atoms with van der Waals surface area (Å²) in [5.41, 5.74) is 3.65. The van der Waals surface area contributed by atoms with Gasteiger partial charge in [0.25, 0.3) is 0 Å². The van der Waals surface area contributed by atoms with Gasteiger partial charge in [0.15, 0.2) is 0 Å². The first-order chi connectivity index (χ1) is 14.1. The van der Waals surface area contributed by atoms with Gasteiger partial charge in [0, 0.05) is 5.56 Å². The van der Waals surface area contributed by atoms with E-state index >= 15 is 0 Å². The van der Waals surface area contributed by atoms with Crippen LogP contribution in [0.3, 0.4) is 0 Å². The smallest absolute Gasteiger partial charge is 0.368 e. The highest BCUT2D eigenvalue weighted by molar-refractivity contribution is 9.11. The lowest BCUT2D eigenvalue weighted by Crippen LogP contribution is -2.06. The van der Waals surface area contributed by atoms with E-state index in [0.29, 0.717) is 23.6 Å². The van der Waals surface area contributed by atoms with Crippen LogP contribution >= 0.6 is 31.9 Å². The maximum absolute atomic E-state index is 12.2. The summed E-state index contributed by atoms with van der Waals surface area (Å²) in [6, 6.07) is 23.2. The Balaban J connectivity index is 1.60. The monoisotopic (exact) mass is 511 g/mol. The maximum Gasteiger partial charge on any atom is 0.368 e. The van der Waals surface area contributed by atoms with Crippen molar-refractivity contribution in [1.29, 1.82) is 0 Å². The van der Waals surface area contributed by atoms with E-state index in [1.54, 1.807) is 6.08 Å². The topological polar surface area (TPSA) is 47.9 Å². The van der Waals surface area contributed by atoms with E-state index in [2.05, 4.69) is 37.0 Å². The summed E-state index contributed by atoms with van der Waals surface area (Å²) < 4.78 is 7.51. The molecule has 0 atom stereocenters. The van der Waals surface area contributed by atoms with E-state index < -0.39 is 5.97 Å². The van der Waals surface area contributed by atoms with Crippen LogP contribution in [0.25, 0.3) is 6.08 Å². The van der Waals surface area contributed by atoms with E-state index in [1.165, 1.54) is 0 Å². The Morgan fingerprint density at radius 2 is 1.55 bits per heavy atom. The van der Waals surface area contributed by atoms with Gasteiger partial charge in [0.05, 0.1) is 14.5 Å². The lowest BCUT2D eigenvalue weighted by molar-refractivity contribution is -0.136. The first-order valence-corrected chi connectivity index (χ1v) is 10.4. The largest absolute Gasteiger partial charge is 0.487 e. The standard InChI is InChI=1S/C23H15Br2NO3/c24-19-12-16(13-20(25)22(19)28-14-15-7-3-1-4-8-15)11-18-21(26-29-23(18)27)17-9-5-2-6-10-17/h1-13H,14H2/b18-11-. The van der Waals surface area contributed by atoms with Gasteiger partial charge < -0.3 is 9.57 Å². The molecule has 29 heavy (non-hydrogen) atoms. The highest BCUT2D eigenvalue weighted by Gasteiger charge is 2.26. The molecule has 6 heteroatoms. The highest BCUT2D eigenvalue weighted by Crippen LogP contribution is 2.36. The number of hydrogen-bond donors (Lipinski definition) is 0. The molecule has 3 aromatic rings. The van der Waals surface area contributed by atoms with E-state index in [9.17, 15) is 4.79 Å². The molecule has 0 unspecified atom stereocenters. The van der Waals surface area contributed by atoms with Crippen molar-refractivity contribution in [3.8, 4) is 5.75 Å². The molecule has 144 valence electrons. The van der Waals surface area contributed by atoms with Crippen molar-refractivity contribution in [3.63, 3.8) is 0 Å². The molecule has 3 aromatic carbocycles. The summed E-state index contributed by atoms with van der Waals surface area (Å²) in [7, 11) is 0. The Morgan fingerprint density at radius 3 is 2.21 bits per heavy atom. The van der Waals surface area contributed by atoms with Gasteiger partial charge in [-0.3, -0.25) is 0 Å². The minimum Gasteiger partial charge on any atom is -0.487 e. The van der Waals surface area contributed by atoms with Crippen LogP contribution in [-0.2, 0) is 16.2 Å². The van der Waals surface area contributed by atoms with Gasteiger partial charge >= 0.3 is 5.97 Å². The second kappa shape index (κ2) is 8.76. The second-order valence-corrected chi connectivity index (χ2v) is 8.04. The fourth-order valence-corrected chi connectivity index (χ4v) is 4.36. The minimum atomic E-state index is -0.472. The van der Waals surface area contributed by atoms with Crippen LogP contribution in [0.5, 0.6) is 5.75 Å². The van der Waals surface area contributed by atoms with Gasteiger partial charge in [0.2, 0.25) is 0 Å². The van der Waals surface area contributed by atoms with Crippen molar-refractivity contribution in [1.82, 2.24) is 0 Å². The third kappa shape index (κ3) is 4.49. The molecule has 0 fully saturated rings. The zero-order valence-electron chi connectivity index (χ0n) is 15.1. The number of oxime groups is 1. The zero-order valence-corrected chi connectivity index (χ0v) is 18.3. The zero-order chi connectivity index (χ0) is 20.2. The van der Waals surface area contributed by atoms with Crippen LogP contribution in [-0.4, -0.2) is 11.7 Å². The molecule has 0 spiro atoms. The predicted octanol–water partition coefficient (Wildman–Crippen LogP) is 6.14. The summed E-state index contributed by atoms with van der Waals surface area (Å²) in [6.45, 7) is 0.454. The normalized spacial score (nSPS) is 14.6. The molecule has 0 saturated carbocycles. The lowest BCUT2D eigenvalue weighted by atomic mass is 10.0. The SMILES string of the molecule is O=C1ON=C(c2ccccc2)/C1=C/c1cc(Br)c(OCc2ccccc2)c(Br)c1. The Kier molecular flexibility index (Phi) is 5.92. The lowest BCUT2D eigenvalue weighted by Gasteiger charge is -2.12. The van der Waals surface area contributed by atoms with Crippen molar-refractivity contribution in [2.75, 3.05) is 0 Å². The average molecular weight is 513 g/mol. The molecular formula is C23H15Br2NO3. The summed E-state index contributed by atoms with van der Waals surface area (Å²) in [6.07, 6.45) is 1.76. The van der Waals surface area contributed by atoms with Gasteiger partial charge in [-0.25, -0.2) is 4.79 Å². The predicted molar refractivity (Wildman–Crippen MR) is 120 cm³/mol. The Morgan fingerprint density at radius 1 is 0.931 bits per heavy atom. The van der Waals surface area contributed by atoms with E-state index in [-0.39, 0.29) is 0 Å². The maximum atomic E-state index is 12.2. The first-order valence-electron chi connectivity index (χ1n) is 8.84. The van der Waals surface area contributed by atoms with Crippen LogP contribution < -0.4 is 4.74 Å². The molecule has 1 aliphatic rings. The average Bonchev–Trinajstić information content (AvgIpc) is 3.09.